The highest BCUT2D eigenvalue weighted by molar-refractivity contribution is 5.86. The molecule has 1 heterocycles. The molecule has 1 saturated carbocycles. The van der Waals surface area contributed by atoms with Crippen LogP contribution < -0.4 is 10.6 Å². The van der Waals surface area contributed by atoms with Crippen molar-refractivity contribution in [3.8, 4) is 0 Å². The van der Waals surface area contributed by atoms with E-state index in [1.54, 1.807) is 13.0 Å². The third-order valence-corrected chi connectivity index (χ3v) is 3.32. The quantitative estimate of drug-likeness (QED) is 0.759. The molecule has 1 aromatic heterocycles. The molecule has 0 bridgehead atoms. The molecule has 0 radical (unpaired) electrons. The Hall–Kier alpha value is -2.05. The van der Waals surface area contributed by atoms with Gasteiger partial charge < -0.3 is 20.3 Å². The van der Waals surface area contributed by atoms with Gasteiger partial charge in [0.25, 0.3) is 0 Å². The third kappa shape index (κ3) is 3.04. The fourth-order valence-corrected chi connectivity index (χ4v) is 2.30. The van der Waals surface area contributed by atoms with E-state index in [1.165, 1.54) is 0 Å². The molecule has 2 amide bonds. The molecule has 7 heteroatoms. The van der Waals surface area contributed by atoms with Gasteiger partial charge in [-0.3, -0.25) is 0 Å². The van der Waals surface area contributed by atoms with Crippen molar-refractivity contribution in [2.75, 3.05) is 0 Å². The van der Waals surface area contributed by atoms with Crippen LogP contribution in [-0.4, -0.2) is 27.8 Å². The van der Waals surface area contributed by atoms with Crippen LogP contribution in [0.25, 0.3) is 0 Å². The van der Waals surface area contributed by atoms with E-state index >= 15 is 0 Å². The SMILES string of the molecule is Cc1cc(CNC(=O)NC2(C(=O)O)CCCC2)on1. The molecule has 1 aliphatic rings. The molecule has 104 valence electrons. The maximum Gasteiger partial charge on any atom is 0.329 e. The molecule has 0 aliphatic heterocycles. The lowest BCUT2D eigenvalue weighted by Crippen LogP contribution is -2.55. The zero-order valence-corrected chi connectivity index (χ0v) is 10.7. The van der Waals surface area contributed by atoms with Crippen molar-refractivity contribution in [2.24, 2.45) is 0 Å². The zero-order chi connectivity index (χ0) is 13.9. The first-order valence-electron chi connectivity index (χ1n) is 6.23. The van der Waals surface area contributed by atoms with Gasteiger partial charge in [-0.05, 0) is 19.8 Å². The Bertz CT molecular complexity index is 477. The van der Waals surface area contributed by atoms with Gasteiger partial charge in [-0.25, -0.2) is 9.59 Å². The van der Waals surface area contributed by atoms with Gasteiger partial charge in [0.2, 0.25) is 0 Å². The van der Waals surface area contributed by atoms with E-state index in [0.717, 1.165) is 18.5 Å². The number of aliphatic carboxylic acids is 1. The van der Waals surface area contributed by atoms with Gasteiger partial charge in [0.05, 0.1) is 12.2 Å². The van der Waals surface area contributed by atoms with Gasteiger partial charge in [0.15, 0.2) is 5.76 Å². The van der Waals surface area contributed by atoms with Crippen LogP contribution in [0.2, 0.25) is 0 Å². The second-order valence-corrected chi connectivity index (χ2v) is 4.84. The Morgan fingerprint density at radius 3 is 2.68 bits per heavy atom. The molecule has 0 aromatic carbocycles. The summed E-state index contributed by atoms with van der Waals surface area (Å²) in [5, 5.41) is 18.1. The number of aryl methyl sites for hydroxylation is 1. The van der Waals surface area contributed by atoms with E-state index in [4.69, 9.17) is 4.52 Å². The topological polar surface area (TPSA) is 104 Å². The normalized spacial score (nSPS) is 17.1. The van der Waals surface area contributed by atoms with Crippen LogP contribution in [0, 0.1) is 6.92 Å². The smallest absolute Gasteiger partial charge is 0.329 e. The van der Waals surface area contributed by atoms with Crippen molar-refractivity contribution in [1.82, 2.24) is 15.8 Å². The van der Waals surface area contributed by atoms with Crippen LogP contribution in [0.1, 0.15) is 37.1 Å². The van der Waals surface area contributed by atoms with Gasteiger partial charge in [-0.1, -0.05) is 18.0 Å². The number of hydrogen-bond donors (Lipinski definition) is 3. The zero-order valence-electron chi connectivity index (χ0n) is 10.7. The van der Waals surface area contributed by atoms with Crippen LogP contribution in [0.5, 0.6) is 0 Å². The highest BCUT2D eigenvalue weighted by Crippen LogP contribution is 2.29. The van der Waals surface area contributed by atoms with E-state index in [2.05, 4.69) is 15.8 Å². The minimum atomic E-state index is -1.12. The lowest BCUT2D eigenvalue weighted by Gasteiger charge is -2.25. The highest BCUT2D eigenvalue weighted by Gasteiger charge is 2.42. The molecule has 3 N–H and O–H groups in total. The second kappa shape index (κ2) is 5.29. The number of carboxylic acid groups (broad SMARTS) is 1. The largest absolute Gasteiger partial charge is 0.480 e. The Kier molecular flexibility index (Phi) is 3.73. The number of rotatable bonds is 4. The molecule has 2 rings (SSSR count). The van der Waals surface area contributed by atoms with Gasteiger partial charge in [-0.15, -0.1) is 0 Å². The maximum absolute atomic E-state index is 11.7. The summed E-state index contributed by atoms with van der Waals surface area (Å²) in [5.41, 5.74) is -0.392. The van der Waals surface area contributed by atoms with Gasteiger partial charge in [0.1, 0.15) is 5.54 Å². The first kappa shape index (κ1) is 13.4. The summed E-state index contributed by atoms with van der Waals surface area (Å²) in [6.07, 6.45) is 2.57. The number of nitrogens with one attached hydrogen (secondary N) is 2. The minimum Gasteiger partial charge on any atom is -0.480 e. The van der Waals surface area contributed by atoms with Crippen molar-refractivity contribution < 1.29 is 19.2 Å². The van der Waals surface area contributed by atoms with E-state index in [9.17, 15) is 14.7 Å². The number of carbonyl (C=O) groups excluding carboxylic acids is 1. The number of aromatic nitrogens is 1. The predicted molar refractivity (Wildman–Crippen MR) is 65.4 cm³/mol. The Morgan fingerprint density at radius 1 is 1.47 bits per heavy atom. The van der Waals surface area contributed by atoms with Crippen molar-refractivity contribution in [3.05, 3.63) is 17.5 Å². The van der Waals surface area contributed by atoms with E-state index < -0.39 is 17.5 Å². The minimum absolute atomic E-state index is 0.183. The van der Waals surface area contributed by atoms with Crippen molar-refractivity contribution in [1.29, 1.82) is 0 Å². The first-order valence-corrected chi connectivity index (χ1v) is 6.23. The first-order chi connectivity index (χ1) is 9.02. The highest BCUT2D eigenvalue weighted by atomic mass is 16.5. The fraction of sp³-hybridized carbons (Fsp3) is 0.583. The monoisotopic (exact) mass is 267 g/mol. The summed E-state index contributed by atoms with van der Waals surface area (Å²) in [4.78, 5) is 23.0. The molecule has 1 aromatic rings. The fourth-order valence-electron chi connectivity index (χ4n) is 2.30. The second-order valence-electron chi connectivity index (χ2n) is 4.84. The summed E-state index contributed by atoms with van der Waals surface area (Å²) in [6.45, 7) is 1.97. The average molecular weight is 267 g/mol. The predicted octanol–water partition coefficient (Wildman–Crippen LogP) is 1.18. The van der Waals surface area contributed by atoms with Crippen molar-refractivity contribution >= 4 is 12.0 Å². The van der Waals surface area contributed by atoms with Gasteiger partial charge in [0, 0.05) is 6.07 Å². The lowest BCUT2D eigenvalue weighted by atomic mass is 9.98. The van der Waals surface area contributed by atoms with Crippen molar-refractivity contribution in [2.45, 2.75) is 44.7 Å². The summed E-state index contributed by atoms with van der Waals surface area (Å²) in [7, 11) is 0. The summed E-state index contributed by atoms with van der Waals surface area (Å²) in [5.74, 6) is -0.445. The number of carboxylic acids is 1. The molecule has 0 unspecified atom stereocenters. The number of hydrogen-bond acceptors (Lipinski definition) is 4. The summed E-state index contributed by atoms with van der Waals surface area (Å²) >= 11 is 0. The molecular formula is C12H17N3O4. The van der Waals surface area contributed by atoms with Crippen LogP contribution in [0.3, 0.4) is 0 Å². The average Bonchev–Trinajstić information content (AvgIpc) is 2.97. The summed E-state index contributed by atoms with van der Waals surface area (Å²) < 4.78 is 4.95. The third-order valence-electron chi connectivity index (χ3n) is 3.32. The molecule has 0 spiro atoms. The molecule has 0 saturated heterocycles. The molecule has 7 nitrogen and oxygen atoms in total. The standard InChI is InChI=1S/C12H17N3O4/c1-8-6-9(19-15-8)7-13-11(18)14-12(10(16)17)4-2-3-5-12/h6H,2-5,7H2,1H3,(H,16,17)(H2,13,14,18). The van der Waals surface area contributed by atoms with E-state index in [0.29, 0.717) is 18.6 Å². The van der Waals surface area contributed by atoms with Crippen LogP contribution in [0.4, 0.5) is 4.79 Å². The van der Waals surface area contributed by atoms with Crippen LogP contribution in [-0.2, 0) is 11.3 Å². The maximum atomic E-state index is 11.7. The van der Waals surface area contributed by atoms with Crippen LogP contribution >= 0.6 is 0 Å². The van der Waals surface area contributed by atoms with E-state index in [-0.39, 0.29) is 6.54 Å². The summed E-state index contributed by atoms with van der Waals surface area (Å²) in [6, 6.07) is 1.21. The number of nitrogens with zero attached hydrogens (tertiary/aromatic N) is 1. The number of carbonyl (C=O) groups is 2. The molecular weight excluding hydrogens is 250 g/mol. The number of amides is 2. The lowest BCUT2D eigenvalue weighted by molar-refractivity contribution is -0.144. The molecule has 1 fully saturated rings. The van der Waals surface area contributed by atoms with Crippen LogP contribution in [0.15, 0.2) is 10.6 Å². The Morgan fingerprint density at radius 2 is 2.16 bits per heavy atom. The Labute approximate surface area is 110 Å². The van der Waals surface area contributed by atoms with Gasteiger partial charge in [-0.2, -0.15) is 0 Å². The molecule has 19 heavy (non-hydrogen) atoms. The molecule has 1 aliphatic carbocycles. The Balaban J connectivity index is 1.88. The van der Waals surface area contributed by atoms with Crippen molar-refractivity contribution in [3.63, 3.8) is 0 Å². The molecule has 0 atom stereocenters. The van der Waals surface area contributed by atoms with Gasteiger partial charge >= 0.3 is 12.0 Å². The number of urea groups is 1. The van der Waals surface area contributed by atoms with E-state index in [1.807, 2.05) is 0 Å².